The average Bonchev–Trinajstić information content (AvgIpc) is 3.31. The smallest absolute Gasteiger partial charge is 0.331 e. The van der Waals surface area contributed by atoms with Gasteiger partial charge in [-0.25, -0.2) is 9.18 Å². The number of anilines is 1. The summed E-state index contributed by atoms with van der Waals surface area (Å²) in [5.74, 6) is -1.47. The Labute approximate surface area is 202 Å². The van der Waals surface area contributed by atoms with Crippen molar-refractivity contribution in [1.82, 2.24) is 14.5 Å². The third-order valence-electron chi connectivity index (χ3n) is 5.92. The van der Waals surface area contributed by atoms with E-state index in [1.165, 1.54) is 12.1 Å². The van der Waals surface area contributed by atoms with Gasteiger partial charge in [0, 0.05) is 23.5 Å². The normalized spacial score (nSPS) is 13.8. The molecule has 1 fully saturated rings. The van der Waals surface area contributed by atoms with Gasteiger partial charge in [-0.05, 0) is 43.2 Å². The van der Waals surface area contributed by atoms with Crippen LogP contribution in [0, 0.1) is 5.82 Å². The lowest BCUT2D eigenvalue weighted by atomic mass is 10.2. The van der Waals surface area contributed by atoms with Gasteiger partial charge in [0.05, 0.1) is 16.6 Å². The first-order valence-electron chi connectivity index (χ1n) is 11.1. The number of nitrogens with zero attached hydrogens (tertiary/aromatic N) is 2. The van der Waals surface area contributed by atoms with E-state index in [2.05, 4.69) is 26.6 Å². The molecule has 0 atom stereocenters. The molecule has 0 unspecified atom stereocenters. The van der Waals surface area contributed by atoms with Crippen LogP contribution in [0.3, 0.4) is 0 Å². The van der Waals surface area contributed by atoms with E-state index in [0.29, 0.717) is 4.47 Å². The average molecular weight is 531 g/mol. The van der Waals surface area contributed by atoms with E-state index in [1.54, 1.807) is 30.3 Å². The van der Waals surface area contributed by atoms with Crippen LogP contribution in [0.1, 0.15) is 32.1 Å². The Morgan fingerprint density at radius 3 is 2.50 bits per heavy atom. The number of halogens is 2. The number of aromatic nitrogens is 2. The number of rotatable bonds is 7. The first-order chi connectivity index (χ1) is 16.3. The molecule has 1 aliphatic rings. The highest BCUT2D eigenvalue weighted by Crippen LogP contribution is 2.20. The second-order valence-electron chi connectivity index (χ2n) is 8.31. The molecule has 3 aromatic rings. The summed E-state index contributed by atoms with van der Waals surface area (Å²) in [6.07, 6.45) is 3.99. The maximum Gasteiger partial charge on any atom is 0.331 e. The summed E-state index contributed by atoms with van der Waals surface area (Å²) >= 11 is 3.16. The van der Waals surface area contributed by atoms with Crippen LogP contribution in [0.5, 0.6) is 0 Å². The lowest BCUT2D eigenvalue weighted by molar-refractivity contribution is -0.122. The monoisotopic (exact) mass is 530 g/mol. The number of nitrogens with one attached hydrogen (secondary N) is 2. The number of amides is 2. The molecule has 2 N–H and O–H groups in total. The highest BCUT2D eigenvalue weighted by atomic mass is 79.9. The third kappa shape index (κ3) is 5.27. The second-order valence-corrected chi connectivity index (χ2v) is 9.23. The number of carbonyl (C=O) groups is 2. The number of hydrogen-bond donors (Lipinski definition) is 2. The molecule has 34 heavy (non-hydrogen) atoms. The molecule has 0 radical (unpaired) electrons. The number of hydrogen-bond acceptors (Lipinski definition) is 4. The largest absolute Gasteiger partial charge is 0.353 e. The van der Waals surface area contributed by atoms with Gasteiger partial charge >= 0.3 is 5.69 Å². The molecule has 2 amide bonds. The molecule has 1 aromatic heterocycles. The van der Waals surface area contributed by atoms with Crippen LogP contribution in [0.2, 0.25) is 0 Å². The minimum atomic E-state index is -0.705. The van der Waals surface area contributed by atoms with E-state index in [0.717, 1.165) is 34.8 Å². The molecule has 1 saturated carbocycles. The zero-order valence-electron chi connectivity index (χ0n) is 18.4. The molecule has 1 heterocycles. The van der Waals surface area contributed by atoms with Gasteiger partial charge in [0.15, 0.2) is 0 Å². The number of carbonyl (C=O) groups excluding carboxylic acids is 2. The maximum atomic E-state index is 14.1. The van der Waals surface area contributed by atoms with Crippen LogP contribution < -0.4 is 21.9 Å². The van der Waals surface area contributed by atoms with Crippen molar-refractivity contribution in [2.45, 2.75) is 51.2 Å². The minimum absolute atomic E-state index is 0.0255. The first-order valence-corrected chi connectivity index (χ1v) is 11.9. The van der Waals surface area contributed by atoms with Crippen LogP contribution in [-0.4, -0.2) is 27.0 Å². The SMILES string of the molecule is O=C(Cn1c(=O)n(CCC(=O)NC2CCCC2)c(=O)c2ccccc21)Nc1ccc(Br)cc1F. The van der Waals surface area contributed by atoms with Crippen LogP contribution in [0.4, 0.5) is 10.1 Å². The number of benzene rings is 2. The molecule has 0 saturated heterocycles. The molecule has 1 aliphatic carbocycles. The van der Waals surface area contributed by atoms with Gasteiger partial charge in [-0.2, -0.15) is 0 Å². The summed E-state index contributed by atoms with van der Waals surface area (Å²) in [6.45, 7) is -0.534. The van der Waals surface area contributed by atoms with E-state index in [1.807, 2.05) is 0 Å². The predicted molar refractivity (Wildman–Crippen MR) is 130 cm³/mol. The fourth-order valence-electron chi connectivity index (χ4n) is 4.23. The Morgan fingerprint density at radius 2 is 1.76 bits per heavy atom. The third-order valence-corrected chi connectivity index (χ3v) is 6.42. The van der Waals surface area contributed by atoms with Crippen LogP contribution in [0.25, 0.3) is 10.9 Å². The molecule has 10 heteroatoms. The minimum Gasteiger partial charge on any atom is -0.353 e. The Kier molecular flexibility index (Phi) is 7.26. The molecule has 2 aromatic carbocycles. The van der Waals surface area contributed by atoms with E-state index < -0.39 is 29.5 Å². The summed E-state index contributed by atoms with van der Waals surface area (Å²) in [7, 11) is 0. The van der Waals surface area contributed by atoms with E-state index >= 15 is 0 Å². The van der Waals surface area contributed by atoms with Gasteiger partial charge in [0.25, 0.3) is 5.56 Å². The predicted octanol–water partition coefficient (Wildman–Crippen LogP) is 3.15. The summed E-state index contributed by atoms with van der Waals surface area (Å²) in [6, 6.07) is 10.8. The molecule has 4 rings (SSSR count). The summed E-state index contributed by atoms with van der Waals surface area (Å²) < 4.78 is 16.8. The lowest BCUT2D eigenvalue weighted by Gasteiger charge is -2.15. The fraction of sp³-hybridized carbons (Fsp3) is 0.333. The van der Waals surface area contributed by atoms with Gasteiger partial charge in [0.2, 0.25) is 11.8 Å². The van der Waals surface area contributed by atoms with Gasteiger partial charge in [0.1, 0.15) is 12.4 Å². The standard InChI is InChI=1S/C24H24BrFN4O4/c25-15-9-10-19(18(26)13-15)28-22(32)14-30-20-8-4-3-7-17(20)23(33)29(24(30)34)12-11-21(31)27-16-5-1-2-6-16/h3-4,7-10,13,16H,1-2,5-6,11-12,14H2,(H,27,31)(H,28,32). The quantitative estimate of drug-likeness (QED) is 0.489. The zero-order chi connectivity index (χ0) is 24.2. The van der Waals surface area contributed by atoms with Crippen LogP contribution in [-0.2, 0) is 22.7 Å². The maximum absolute atomic E-state index is 14.1. The van der Waals surface area contributed by atoms with Crippen molar-refractivity contribution >= 4 is 44.3 Å². The van der Waals surface area contributed by atoms with Crippen LogP contribution >= 0.6 is 15.9 Å². The summed E-state index contributed by atoms with van der Waals surface area (Å²) in [5, 5.41) is 5.65. The molecule has 0 aliphatic heterocycles. The summed E-state index contributed by atoms with van der Waals surface area (Å²) in [5.41, 5.74) is -0.966. The van der Waals surface area contributed by atoms with Gasteiger partial charge in [-0.15, -0.1) is 0 Å². The number of para-hydroxylation sites is 1. The van der Waals surface area contributed by atoms with E-state index in [9.17, 15) is 23.6 Å². The zero-order valence-corrected chi connectivity index (χ0v) is 19.9. The van der Waals surface area contributed by atoms with Crippen molar-refractivity contribution in [2.75, 3.05) is 5.32 Å². The Hall–Kier alpha value is -3.27. The molecule has 8 nitrogen and oxygen atoms in total. The number of fused-ring (bicyclic) bond motifs is 1. The van der Waals surface area contributed by atoms with E-state index in [-0.39, 0.29) is 41.5 Å². The molecule has 0 spiro atoms. The highest BCUT2D eigenvalue weighted by Gasteiger charge is 2.19. The molecule has 0 bridgehead atoms. The van der Waals surface area contributed by atoms with Crippen molar-refractivity contribution in [3.8, 4) is 0 Å². The van der Waals surface area contributed by atoms with Crippen LogP contribution in [0.15, 0.2) is 56.5 Å². The van der Waals surface area contributed by atoms with Gasteiger partial charge in [-0.3, -0.25) is 23.5 Å². The Bertz CT molecular complexity index is 1360. The Balaban J connectivity index is 1.59. The summed E-state index contributed by atoms with van der Waals surface area (Å²) in [4.78, 5) is 51.2. The van der Waals surface area contributed by atoms with Crippen molar-refractivity contribution < 1.29 is 14.0 Å². The second kappa shape index (κ2) is 10.3. The fourth-order valence-corrected chi connectivity index (χ4v) is 4.56. The molecule has 178 valence electrons. The Morgan fingerprint density at radius 1 is 1.03 bits per heavy atom. The van der Waals surface area contributed by atoms with E-state index in [4.69, 9.17) is 0 Å². The van der Waals surface area contributed by atoms with Gasteiger partial charge < -0.3 is 10.6 Å². The topological polar surface area (TPSA) is 102 Å². The van der Waals surface area contributed by atoms with Crippen molar-refractivity contribution in [2.24, 2.45) is 0 Å². The van der Waals surface area contributed by atoms with Crippen molar-refractivity contribution in [3.05, 3.63) is 73.6 Å². The lowest BCUT2D eigenvalue weighted by Crippen LogP contribution is -2.43. The molecular formula is C24H24BrFN4O4. The van der Waals surface area contributed by atoms with Crippen molar-refractivity contribution in [3.63, 3.8) is 0 Å². The first kappa shape index (κ1) is 23.9. The van der Waals surface area contributed by atoms with Crippen molar-refractivity contribution in [1.29, 1.82) is 0 Å². The molecular weight excluding hydrogens is 507 g/mol. The van der Waals surface area contributed by atoms with Gasteiger partial charge in [-0.1, -0.05) is 40.9 Å². The highest BCUT2D eigenvalue weighted by molar-refractivity contribution is 9.10.